The van der Waals surface area contributed by atoms with Gasteiger partial charge in [-0.25, -0.2) is 0 Å². The number of fused-ring (bicyclic) bond motifs is 9. The Morgan fingerprint density at radius 2 is 0.627 bits per heavy atom. The molecule has 0 amide bonds. The summed E-state index contributed by atoms with van der Waals surface area (Å²) in [6.07, 6.45) is 3.79. The van der Waals surface area contributed by atoms with Crippen molar-refractivity contribution < 1.29 is 0 Å². The van der Waals surface area contributed by atoms with Gasteiger partial charge in [-0.2, -0.15) is 0 Å². The van der Waals surface area contributed by atoms with Gasteiger partial charge in [0.15, 0.2) is 0 Å². The first-order chi connectivity index (χ1) is 25.4. The minimum Gasteiger partial charge on any atom is -0.307 e. The van der Waals surface area contributed by atoms with Gasteiger partial charge in [0, 0.05) is 50.3 Å². The molecule has 51 heavy (non-hydrogen) atoms. The molecule has 0 fully saturated rings. The van der Waals surface area contributed by atoms with Crippen molar-refractivity contribution in [3.8, 4) is 28.2 Å². The van der Waals surface area contributed by atoms with Crippen molar-refractivity contribution in [2.24, 2.45) is 0 Å². The molecule has 4 nitrogen and oxygen atoms in total. The van der Waals surface area contributed by atoms with Crippen LogP contribution in [0.3, 0.4) is 0 Å². The second kappa shape index (κ2) is 10.8. The maximum atomic E-state index is 4.43. The highest BCUT2D eigenvalue weighted by Gasteiger charge is 2.27. The van der Waals surface area contributed by atoms with Crippen molar-refractivity contribution in [2.75, 3.05) is 0 Å². The first kappa shape index (κ1) is 28.0. The number of benzene rings is 7. The average molecular weight is 651 g/mol. The number of rotatable bonds is 4. The van der Waals surface area contributed by atoms with Crippen molar-refractivity contribution in [1.29, 1.82) is 0 Å². The van der Waals surface area contributed by atoms with Crippen molar-refractivity contribution >= 4 is 65.4 Å². The van der Waals surface area contributed by atoms with Crippen LogP contribution in [-0.2, 0) is 0 Å². The Morgan fingerprint density at radius 3 is 1.02 bits per heavy atom. The van der Waals surface area contributed by atoms with Gasteiger partial charge < -0.3 is 13.7 Å². The predicted octanol–water partition coefficient (Wildman–Crippen LogP) is 12.0. The zero-order valence-corrected chi connectivity index (χ0v) is 27.6. The van der Waals surface area contributed by atoms with Gasteiger partial charge in [-0.05, 0) is 60.2 Å². The maximum absolute atomic E-state index is 4.43. The summed E-state index contributed by atoms with van der Waals surface area (Å²) in [5.41, 5.74) is 12.6. The molecule has 0 aliphatic rings. The second-order valence-electron chi connectivity index (χ2n) is 13.2. The molecule has 0 saturated heterocycles. The number of aromatic nitrogens is 4. The van der Waals surface area contributed by atoms with Crippen LogP contribution in [0.1, 0.15) is 0 Å². The van der Waals surface area contributed by atoms with E-state index in [1.807, 2.05) is 12.4 Å². The van der Waals surface area contributed by atoms with Gasteiger partial charge in [-0.3, -0.25) is 4.98 Å². The lowest BCUT2D eigenvalue weighted by Crippen LogP contribution is -2.10. The SMILES string of the molecule is c1ccc2c(c1)c1ccccc1n2-c1ccc(-c2ccncc2)c(-n2c3ccccc3c3ccccc32)c1-n1c2ccccc2c2ccccc21. The van der Waals surface area contributed by atoms with Gasteiger partial charge in [0.25, 0.3) is 0 Å². The van der Waals surface area contributed by atoms with Crippen LogP contribution in [0, 0.1) is 0 Å². The first-order valence-electron chi connectivity index (χ1n) is 17.4. The van der Waals surface area contributed by atoms with Crippen LogP contribution in [0.25, 0.3) is 93.6 Å². The van der Waals surface area contributed by atoms with Gasteiger partial charge in [-0.15, -0.1) is 0 Å². The Morgan fingerprint density at radius 1 is 0.294 bits per heavy atom. The van der Waals surface area contributed by atoms with E-state index in [1.54, 1.807) is 0 Å². The topological polar surface area (TPSA) is 27.7 Å². The molecular formula is C47H30N4. The lowest BCUT2D eigenvalue weighted by Gasteiger charge is -2.25. The van der Waals surface area contributed by atoms with Crippen LogP contribution in [0.5, 0.6) is 0 Å². The van der Waals surface area contributed by atoms with Crippen molar-refractivity contribution in [1.82, 2.24) is 18.7 Å². The third-order valence-corrected chi connectivity index (χ3v) is 10.5. The normalized spacial score (nSPS) is 11.9. The molecule has 0 atom stereocenters. The smallest absolute Gasteiger partial charge is 0.0953 e. The molecule has 0 spiro atoms. The number of hydrogen-bond donors (Lipinski definition) is 0. The average Bonchev–Trinajstić information content (AvgIpc) is 3.84. The summed E-state index contributed by atoms with van der Waals surface area (Å²) in [4.78, 5) is 4.43. The molecule has 11 aromatic rings. The summed E-state index contributed by atoms with van der Waals surface area (Å²) < 4.78 is 7.47. The quantitative estimate of drug-likeness (QED) is 0.186. The molecule has 4 heteroatoms. The van der Waals surface area contributed by atoms with E-state index < -0.39 is 0 Å². The molecule has 0 N–H and O–H groups in total. The van der Waals surface area contributed by atoms with Crippen molar-refractivity contribution in [3.05, 3.63) is 182 Å². The minimum absolute atomic E-state index is 1.11. The third-order valence-electron chi connectivity index (χ3n) is 10.5. The molecule has 0 unspecified atom stereocenters. The van der Waals surface area contributed by atoms with E-state index in [9.17, 15) is 0 Å². The van der Waals surface area contributed by atoms with Crippen LogP contribution in [0.15, 0.2) is 182 Å². The van der Waals surface area contributed by atoms with Crippen LogP contribution in [0.4, 0.5) is 0 Å². The Labute approximate surface area is 293 Å². The molecule has 0 aliphatic heterocycles. The van der Waals surface area contributed by atoms with Crippen LogP contribution in [-0.4, -0.2) is 18.7 Å². The fraction of sp³-hybridized carbons (Fsp3) is 0. The van der Waals surface area contributed by atoms with E-state index in [0.717, 1.165) is 50.3 Å². The summed E-state index contributed by atoms with van der Waals surface area (Å²) in [5, 5.41) is 7.37. The van der Waals surface area contributed by atoms with E-state index >= 15 is 0 Å². The molecule has 0 bridgehead atoms. The van der Waals surface area contributed by atoms with Crippen LogP contribution < -0.4 is 0 Å². The summed E-state index contributed by atoms with van der Waals surface area (Å²) >= 11 is 0. The number of pyridine rings is 1. The molecule has 0 saturated carbocycles. The van der Waals surface area contributed by atoms with E-state index in [4.69, 9.17) is 0 Å². The zero-order valence-electron chi connectivity index (χ0n) is 27.6. The van der Waals surface area contributed by atoms with E-state index in [2.05, 4.69) is 189 Å². The largest absolute Gasteiger partial charge is 0.307 e. The van der Waals surface area contributed by atoms with Crippen molar-refractivity contribution in [3.63, 3.8) is 0 Å². The van der Waals surface area contributed by atoms with E-state index in [0.29, 0.717) is 0 Å². The Balaban J connectivity index is 1.44. The van der Waals surface area contributed by atoms with Gasteiger partial charge in [0.2, 0.25) is 0 Å². The van der Waals surface area contributed by atoms with Gasteiger partial charge in [-0.1, -0.05) is 115 Å². The summed E-state index contributed by atoms with van der Waals surface area (Å²) in [7, 11) is 0. The third kappa shape index (κ3) is 3.93. The highest BCUT2D eigenvalue weighted by molar-refractivity contribution is 6.14. The van der Waals surface area contributed by atoms with Crippen LogP contribution >= 0.6 is 0 Å². The molecule has 7 aromatic carbocycles. The lowest BCUT2D eigenvalue weighted by atomic mass is 10.0. The number of hydrogen-bond acceptors (Lipinski definition) is 1. The fourth-order valence-corrected chi connectivity index (χ4v) is 8.47. The Bertz CT molecular complexity index is 2980. The molecule has 0 aliphatic carbocycles. The highest BCUT2D eigenvalue weighted by atomic mass is 15.1. The Hall–Kier alpha value is -6.91. The van der Waals surface area contributed by atoms with Gasteiger partial charge >= 0.3 is 0 Å². The molecule has 4 aromatic heterocycles. The molecule has 11 rings (SSSR count). The van der Waals surface area contributed by atoms with Gasteiger partial charge in [0.1, 0.15) is 0 Å². The van der Waals surface area contributed by atoms with E-state index in [1.165, 1.54) is 43.4 Å². The molecule has 4 heterocycles. The van der Waals surface area contributed by atoms with Gasteiger partial charge in [0.05, 0.1) is 50.2 Å². The summed E-state index contributed by atoms with van der Waals surface area (Å²) in [5.74, 6) is 0. The van der Waals surface area contributed by atoms with E-state index in [-0.39, 0.29) is 0 Å². The Kier molecular flexibility index (Phi) is 5.92. The predicted molar refractivity (Wildman–Crippen MR) is 213 cm³/mol. The maximum Gasteiger partial charge on any atom is 0.0953 e. The van der Waals surface area contributed by atoms with Crippen molar-refractivity contribution in [2.45, 2.75) is 0 Å². The lowest BCUT2D eigenvalue weighted by molar-refractivity contribution is 1.05. The first-order valence-corrected chi connectivity index (χ1v) is 17.4. The molecule has 0 radical (unpaired) electrons. The number of para-hydroxylation sites is 6. The minimum atomic E-state index is 1.11. The monoisotopic (exact) mass is 650 g/mol. The second-order valence-corrected chi connectivity index (χ2v) is 13.2. The number of nitrogens with zero attached hydrogens (tertiary/aromatic N) is 4. The fourth-order valence-electron chi connectivity index (χ4n) is 8.47. The molecular weight excluding hydrogens is 621 g/mol. The van der Waals surface area contributed by atoms with Crippen LogP contribution in [0.2, 0.25) is 0 Å². The summed E-state index contributed by atoms with van der Waals surface area (Å²) in [6.45, 7) is 0. The summed E-state index contributed by atoms with van der Waals surface area (Å²) in [6, 6.07) is 61.7. The zero-order chi connectivity index (χ0) is 33.5. The molecule has 238 valence electrons. The standard InChI is InChI=1S/C47H30N4/c1-7-19-39-33(13-1)34-14-2-8-20-40(34)49(39)45-26-25-32(31-27-29-48-30-28-31)46(50-41-21-9-3-15-35(41)36-16-4-10-22-42(36)50)47(45)51-43-23-11-5-17-37(43)38-18-6-12-24-44(38)51/h1-30H. The highest BCUT2D eigenvalue weighted by Crippen LogP contribution is 2.46.